The van der Waals surface area contributed by atoms with Crippen LogP contribution in [0, 0.1) is 5.82 Å². The Hall–Kier alpha value is -1.95. The Balaban J connectivity index is 1.55. The molecule has 1 atom stereocenters. The third-order valence-electron chi connectivity index (χ3n) is 4.38. The number of piperazine rings is 1. The van der Waals surface area contributed by atoms with Crippen LogP contribution in [0.5, 0.6) is 0 Å². The molecule has 0 saturated carbocycles. The maximum absolute atomic E-state index is 13.3. The molecule has 0 bridgehead atoms. The molecule has 1 aliphatic rings. The third-order valence-corrected chi connectivity index (χ3v) is 4.61. The average molecular weight is 363 g/mol. The summed E-state index contributed by atoms with van der Waals surface area (Å²) in [5.41, 5.74) is 1.42. The van der Waals surface area contributed by atoms with Crippen molar-refractivity contribution in [1.82, 2.24) is 9.80 Å². The zero-order chi connectivity index (χ0) is 17.8. The molecule has 0 spiro atoms. The highest BCUT2D eigenvalue weighted by Crippen LogP contribution is 2.20. The molecule has 132 valence electrons. The van der Waals surface area contributed by atoms with E-state index in [2.05, 4.69) is 4.90 Å². The van der Waals surface area contributed by atoms with Gasteiger partial charge >= 0.3 is 0 Å². The van der Waals surface area contributed by atoms with E-state index in [0.717, 1.165) is 5.56 Å². The lowest BCUT2D eigenvalue weighted by molar-refractivity contribution is -0.142. The summed E-state index contributed by atoms with van der Waals surface area (Å²) in [7, 11) is 0. The third kappa shape index (κ3) is 4.57. The van der Waals surface area contributed by atoms with Crippen molar-refractivity contribution in [2.45, 2.75) is 12.6 Å². The Morgan fingerprint density at radius 1 is 1.12 bits per heavy atom. The van der Waals surface area contributed by atoms with Gasteiger partial charge in [-0.15, -0.1) is 0 Å². The van der Waals surface area contributed by atoms with Gasteiger partial charge < -0.3 is 10.0 Å². The second-order valence-corrected chi connectivity index (χ2v) is 6.63. The van der Waals surface area contributed by atoms with Crippen molar-refractivity contribution in [3.63, 3.8) is 0 Å². The standard InChI is InChI=1S/C19H20ClFN2O2/c20-16-5-2-4-15(12-16)18(24)19(25)23-9-7-22(8-10-23)13-14-3-1-6-17(21)11-14/h1-6,11-12,18,24H,7-10,13H2. The molecule has 1 fully saturated rings. The van der Waals surface area contributed by atoms with E-state index in [9.17, 15) is 14.3 Å². The van der Waals surface area contributed by atoms with Crippen LogP contribution in [0.3, 0.4) is 0 Å². The zero-order valence-corrected chi connectivity index (χ0v) is 14.5. The molecule has 25 heavy (non-hydrogen) atoms. The van der Waals surface area contributed by atoms with Crippen LogP contribution in [-0.2, 0) is 11.3 Å². The number of rotatable bonds is 4. The highest BCUT2D eigenvalue weighted by Gasteiger charge is 2.27. The Bertz CT molecular complexity index is 748. The maximum Gasteiger partial charge on any atom is 0.256 e. The lowest BCUT2D eigenvalue weighted by atomic mass is 10.1. The monoisotopic (exact) mass is 362 g/mol. The number of aliphatic hydroxyl groups is 1. The number of hydrogen-bond acceptors (Lipinski definition) is 3. The van der Waals surface area contributed by atoms with Crippen molar-refractivity contribution >= 4 is 17.5 Å². The van der Waals surface area contributed by atoms with Crippen molar-refractivity contribution in [3.8, 4) is 0 Å². The zero-order valence-electron chi connectivity index (χ0n) is 13.7. The molecule has 1 unspecified atom stereocenters. The van der Waals surface area contributed by atoms with Gasteiger partial charge in [-0.25, -0.2) is 4.39 Å². The molecule has 6 heteroatoms. The van der Waals surface area contributed by atoms with Crippen molar-refractivity contribution in [2.75, 3.05) is 26.2 Å². The number of carbonyl (C=O) groups is 1. The van der Waals surface area contributed by atoms with Crippen molar-refractivity contribution in [2.24, 2.45) is 0 Å². The molecule has 3 rings (SSSR count). The second kappa shape index (κ2) is 7.95. The summed E-state index contributed by atoms with van der Waals surface area (Å²) in [6.45, 7) is 3.09. The number of carbonyl (C=O) groups excluding carboxylic acids is 1. The maximum atomic E-state index is 13.3. The molecule has 0 aliphatic carbocycles. The fraction of sp³-hybridized carbons (Fsp3) is 0.316. The highest BCUT2D eigenvalue weighted by molar-refractivity contribution is 6.30. The van der Waals surface area contributed by atoms with Gasteiger partial charge in [-0.05, 0) is 35.4 Å². The number of nitrogens with zero attached hydrogens (tertiary/aromatic N) is 2. The van der Waals surface area contributed by atoms with Crippen LogP contribution in [-0.4, -0.2) is 47.0 Å². The van der Waals surface area contributed by atoms with Crippen LogP contribution in [0.4, 0.5) is 4.39 Å². The van der Waals surface area contributed by atoms with E-state index in [1.54, 1.807) is 35.2 Å². The van der Waals surface area contributed by atoms with Crippen molar-refractivity contribution < 1.29 is 14.3 Å². The van der Waals surface area contributed by atoms with Crippen LogP contribution >= 0.6 is 11.6 Å². The summed E-state index contributed by atoms with van der Waals surface area (Å²) in [6, 6.07) is 13.3. The van der Waals surface area contributed by atoms with E-state index in [0.29, 0.717) is 43.3 Å². The lowest BCUT2D eigenvalue weighted by Crippen LogP contribution is -2.49. The molecule has 4 nitrogen and oxygen atoms in total. The minimum absolute atomic E-state index is 0.240. The number of benzene rings is 2. The average Bonchev–Trinajstić information content (AvgIpc) is 2.61. The largest absolute Gasteiger partial charge is 0.378 e. The summed E-state index contributed by atoms with van der Waals surface area (Å²) < 4.78 is 13.3. The first-order chi connectivity index (χ1) is 12.0. The van der Waals surface area contributed by atoms with Crippen LogP contribution in [0.15, 0.2) is 48.5 Å². The SMILES string of the molecule is O=C(C(O)c1cccc(Cl)c1)N1CCN(Cc2cccc(F)c2)CC1. The quantitative estimate of drug-likeness (QED) is 0.909. The second-order valence-electron chi connectivity index (χ2n) is 6.19. The summed E-state index contributed by atoms with van der Waals surface area (Å²) in [5, 5.41) is 10.8. The van der Waals surface area contributed by atoms with E-state index in [4.69, 9.17) is 11.6 Å². The van der Waals surface area contributed by atoms with Gasteiger partial charge in [0, 0.05) is 37.7 Å². The summed E-state index contributed by atoms with van der Waals surface area (Å²) in [4.78, 5) is 16.3. The smallest absolute Gasteiger partial charge is 0.256 e. The lowest BCUT2D eigenvalue weighted by Gasteiger charge is -2.35. The summed E-state index contributed by atoms with van der Waals surface area (Å²) >= 11 is 5.92. The van der Waals surface area contributed by atoms with E-state index in [1.807, 2.05) is 6.07 Å². The van der Waals surface area contributed by atoms with E-state index in [1.165, 1.54) is 12.1 Å². The molecule has 1 N–H and O–H groups in total. The summed E-state index contributed by atoms with van der Waals surface area (Å²) in [6.07, 6.45) is -1.20. The first-order valence-corrected chi connectivity index (χ1v) is 8.60. The Labute approximate surface area is 151 Å². The molecule has 0 radical (unpaired) electrons. The Kier molecular flexibility index (Phi) is 5.68. The first-order valence-electron chi connectivity index (χ1n) is 8.22. The predicted octanol–water partition coefficient (Wildman–Crippen LogP) is 2.86. The van der Waals surface area contributed by atoms with Gasteiger partial charge in [-0.3, -0.25) is 9.69 Å². The van der Waals surface area contributed by atoms with Crippen molar-refractivity contribution in [3.05, 3.63) is 70.5 Å². The van der Waals surface area contributed by atoms with Crippen LogP contribution in [0.1, 0.15) is 17.2 Å². The van der Waals surface area contributed by atoms with Gasteiger partial charge in [0.1, 0.15) is 5.82 Å². The molecular formula is C19H20ClFN2O2. The van der Waals surface area contributed by atoms with Gasteiger partial charge in [0.2, 0.25) is 0 Å². The first kappa shape index (κ1) is 17.9. The molecule has 2 aromatic carbocycles. The summed E-state index contributed by atoms with van der Waals surface area (Å²) in [5.74, 6) is -0.552. The van der Waals surface area contributed by atoms with Crippen molar-refractivity contribution in [1.29, 1.82) is 0 Å². The molecule has 1 heterocycles. The molecule has 1 amide bonds. The highest BCUT2D eigenvalue weighted by atomic mass is 35.5. The number of hydrogen-bond donors (Lipinski definition) is 1. The predicted molar refractivity (Wildman–Crippen MR) is 94.7 cm³/mol. The fourth-order valence-corrected chi connectivity index (χ4v) is 3.21. The molecule has 1 saturated heterocycles. The normalized spacial score (nSPS) is 16.7. The van der Waals surface area contributed by atoms with Gasteiger partial charge in [0.25, 0.3) is 5.91 Å². The van der Waals surface area contributed by atoms with Crippen LogP contribution in [0.2, 0.25) is 5.02 Å². The minimum atomic E-state index is -1.20. The van der Waals surface area contributed by atoms with Gasteiger partial charge in [-0.1, -0.05) is 35.9 Å². The fourth-order valence-electron chi connectivity index (χ4n) is 3.01. The van der Waals surface area contributed by atoms with E-state index in [-0.39, 0.29) is 11.7 Å². The Morgan fingerprint density at radius 2 is 1.84 bits per heavy atom. The number of amides is 1. The van der Waals surface area contributed by atoms with Crippen LogP contribution in [0.25, 0.3) is 0 Å². The van der Waals surface area contributed by atoms with E-state index < -0.39 is 6.10 Å². The molecule has 2 aromatic rings. The van der Waals surface area contributed by atoms with Gasteiger partial charge in [0.05, 0.1) is 0 Å². The van der Waals surface area contributed by atoms with E-state index >= 15 is 0 Å². The molecule has 1 aliphatic heterocycles. The minimum Gasteiger partial charge on any atom is -0.378 e. The van der Waals surface area contributed by atoms with Crippen LogP contribution < -0.4 is 0 Å². The molecular weight excluding hydrogens is 343 g/mol. The van der Waals surface area contributed by atoms with Gasteiger partial charge in [-0.2, -0.15) is 0 Å². The Morgan fingerprint density at radius 3 is 2.52 bits per heavy atom. The number of aliphatic hydroxyl groups excluding tert-OH is 1. The topological polar surface area (TPSA) is 43.8 Å². The number of halogens is 2. The molecule has 0 aromatic heterocycles. The van der Waals surface area contributed by atoms with Gasteiger partial charge in [0.15, 0.2) is 6.10 Å².